The van der Waals surface area contributed by atoms with Crippen molar-refractivity contribution in [2.24, 2.45) is 0 Å². The molecule has 0 saturated carbocycles. The van der Waals surface area contributed by atoms with Crippen LogP contribution in [0.3, 0.4) is 0 Å². The molecule has 0 aliphatic carbocycles. The van der Waals surface area contributed by atoms with Crippen molar-refractivity contribution >= 4 is 5.69 Å². The minimum absolute atomic E-state index is 0.131. The Balaban J connectivity index is 3.25. The highest BCUT2D eigenvalue weighted by Crippen LogP contribution is 2.23. The van der Waals surface area contributed by atoms with Gasteiger partial charge >= 0.3 is 0 Å². The largest absolute Gasteiger partial charge is 0.396 e. The van der Waals surface area contributed by atoms with Gasteiger partial charge in [0.15, 0.2) is 0 Å². The second-order valence-corrected chi connectivity index (χ2v) is 3.08. The lowest BCUT2D eigenvalue weighted by Gasteiger charge is -2.08. The van der Waals surface area contributed by atoms with E-state index in [2.05, 4.69) is 6.07 Å². The van der Waals surface area contributed by atoms with Gasteiger partial charge in [0.2, 0.25) is 0 Å². The molecule has 0 bridgehead atoms. The molecule has 0 aromatic heterocycles. The monoisotopic (exact) mass is 178 g/mol. The molecule has 2 N–H and O–H groups in total. The lowest BCUT2D eigenvalue weighted by Crippen LogP contribution is -1.98. The van der Waals surface area contributed by atoms with E-state index in [1.807, 2.05) is 6.92 Å². The van der Waals surface area contributed by atoms with E-state index in [1.165, 1.54) is 6.07 Å². The van der Waals surface area contributed by atoms with Crippen LogP contribution in [0.1, 0.15) is 24.0 Å². The molecular weight excluding hydrogens is 167 g/mol. The van der Waals surface area contributed by atoms with Crippen molar-refractivity contribution in [3.63, 3.8) is 0 Å². The van der Waals surface area contributed by atoms with Gasteiger partial charge in [-0.15, -0.1) is 0 Å². The molecule has 0 spiro atoms. The van der Waals surface area contributed by atoms with Gasteiger partial charge in [-0.1, -0.05) is 0 Å². The minimum atomic E-state index is -0.456. The highest BCUT2D eigenvalue weighted by Gasteiger charge is 2.10. The fourth-order valence-corrected chi connectivity index (χ4v) is 1.26. The summed E-state index contributed by atoms with van der Waals surface area (Å²) in [5.41, 5.74) is 7.06. The van der Waals surface area contributed by atoms with E-state index >= 15 is 0 Å². The molecule has 1 aromatic carbocycles. The third kappa shape index (κ3) is 1.78. The van der Waals surface area contributed by atoms with E-state index in [0.29, 0.717) is 5.56 Å². The van der Waals surface area contributed by atoms with Gasteiger partial charge < -0.3 is 5.73 Å². The molecule has 1 unspecified atom stereocenters. The van der Waals surface area contributed by atoms with Crippen molar-refractivity contribution in [1.29, 1.82) is 5.26 Å². The quantitative estimate of drug-likeness (QED) is 0.671. The Kier molecular flexibility index (Phi) is 2.52. The molecule has 0 saturated heterocycles. The zero-order valence-electron chi connectivity index (χ0n) is 7.63. The number of halogens is 1. The van der Waals surface area contributed by atoms with Crippen LogP contribution in [0.4, 0.5) is 10.1 Å². The number of hydrogen-bond acceptors (Lipinski definition) is 2. The summed E-state index contributed by atoms with van der Waals surface area (Å²) in [5.74, 6) is -0.752. The number of rotatable bonds is 1. The van der Waals surface area contributed by atoms with Crippen molar-refractivity contribution < 1.29 is 4.39 Å². The fraction of sp³-hybridized carbons (Fsp3) is 0.300. The van der Waals surface area contributed by atoms with Crippen molar-refractivity contribution in [1.82, 2.24) is 0 Å². The molecule has 0 fully saturated rings. The Labute approximate surface area is 76.8 Å². The van der Waals surface area contributed by atoms with Gasteiger partial charge in [0.25, 0.3) is 0 Å². The number of aryl methyl sites for hydroxylation is 1. The zero-order valence-corrected chi connectivity index (χ0v) is 7.63. The van der Waals surface area contributed by atoms with Gasteiger partial charge in [0, 0.05) is 0 Å². The Morgan fingerprint density at radius 2 is 2.15 bits per heavy atom. The Hall–Kier alpha value is -1.56. The molecule has 1 rings (SSSR count). The molecule has 3 heteroatoms. The molecule has 68 valence electrons. The lowest BCUT2D eigenvalue weighted by atomic mass is 9.97. The summed E-state index contributed by atoms with van der Waals surface area (Å²) in [5, 5.41) is 8.67. The molecule has 13 heavy (non-hydrogen) atoms. The van der Waals surface area contributed by atoms with Crippen LogP contribution >= 0.6 is 0 Å². The van der Waals surface area contributed by atoms with Crippen LogP contribution in [0.2, 0.25) is 0 Å². The van der Waals surface area contributed by atoms with Crippen molar-refractivity contribution in [2.75, 3.05) is 5.73 Å². The topological polar surface area (TPSA) is 49.8 Å². The predicted octanol–water partition coefficient (Wildman–Crippen LogP) is 2.34. The predicted molar refractivity (Wildman–Crippen MR) is 49.6 cm³/mol. The fourth-order valence-electron chi connectivity index (χ4n) is 1.26. The summed E-state index contributed by atoms with van der Waals surface area (Å²) in [4.78, 5) is 0. The summed E-state index contributed by atoms with van der Waals surface area (Å²) in [6.45, 7) is 3.55. The molecular formula is C10H11FN2. The Morgan fingerprint density at radius 3 is 2.69 bits per heavy atom. The van der Waals surface area contributed by atoms with Gasteiger partial charge in [-0.3, -0.25) is 0 Å². The van der Waals surface area contributed by atoms with E-state index < -0.39 is 5.82 Å². The number of nitrogens with zero attached hydrogens (tertiary/aromatic N) is 1. The number of anilines is 1. The van der Waals surface area contributed by atoms with Crippen LogP contribution in [-0.2, 0) is 0 Å². The van der Waals surface area contributed by atoms with E-state index in [9.17, 15) is 4.39 Å². The van der Waals surface area contributed by atoms with Crippen LogP contribution in [0.15, 0.2) is 12.1 Å². The van der Waals surface area contributed by atoms with Crippen molar-refractivity contribution in [3.05, 3.63) is 29.1 Å². The first-order valence-electron chi connectivity index (χ1n) is 4.01. The van der Waals surface area contributed by atoms with Gasteiger partial charge in [-0.25, -0.2) is 4.39 Å². The van der Waals surface area contributed by atoms with Gasteiger partial charge in [-0.2, -0.15) is 5.26 Å². The van der Waals surface area contributed by atoms with E-state index in [4.69, 9.17) is 11.0 Å². The molecule has 0 aliphatic rings. The van der Waals surface area contributed by atoms with Gasteiger partial charge in [0.1, 0.15) is 5.82 Å². The van der Waals surface area contributed by atoms with E-state index in [-0.39, 0.29) is 11.6 Å². The summed E-state index contributed by atoms with van der Waals surface area (Å²) in [6.07, 6.45) is 0. The number of nitriles is 1. The average molecular weight is 178 g/mol. The summed E-state index contributed by atoms with van der Waals surface area (Å²) in [6, 6.07) is 4.95. The molecule has 2 nitrogen and oxygen atoms in total. The first-order chi connectivity index (χ1) is 6.06. The standard InChI is InChI=1S/C10H11FN2/c1-6-3-10(13)9(11)4-8(6)7(2)5-12/h3-4,7H,13H2,1-2H3. The molecule has 0 radical (unpaired) electrons. The van der Waals surface area contributed by atoms with Crippen LogP contribution in [0.25, 0.3) is 0 Å². The number of nitrogens with two attached hydrogens (primary N) is 1. The number of hydrogen-bond donors (Lipinski definition) is 1. The van der Waals surface area contributed by atoms with Crippen molar-refractivity contribution in [3.8, 4) is 6.07 Å². The molecule has 0 aliphatic heterocycles. The van der Waals surface area contributed by atoms with Crippen LogP contribution in [0.5, 0.6) is 0 Å². The summed E-state index contributed by atoms with van der Waals surface area (Å²) < 4.78 is 13.0. The average Bonchev–Trinajstić information content (AvgIpc) is 2.10. The smallest absolute Gasteiger partial charge is 0.146 e. The minimum Gasteiger partial charge on any atom is -0.396 e. The Morgan fingerprint density at radius 1 is 1.54 bits per heavy atom. The van der Waals surface area contributed by atoms with Crippen molar-refractivity contribution in [2.45, 2.75) is 19.8 Å². The van der Waals surface area contributed by atoms with Crippen LogP contribution in [-0.4, -0.2) is 0 Å². The zero-order chi connectivity index (χ0) is 10.0. The SMILES string of the molecule is Cc1cc(N)c(F)cc1C(C)C#N. The summed E-state index contributed by atoms with van der Waals surface area (Å²) in [7, 11) is 0. The molecule has 1 atom stereocenters. The van der Waals surface area contributed by atoms with Crippen LogP contribution in [0, 0.1) is 24.1 Å². The first kappa shape index (κ1) is 9.53. The van der Waals surface area contributed by atoms with E-state index in [1.54, 1.807) is 13.0 Å². The number of nitrogen functional groups attached to an aromatic ring is 1. The number of benzene rings is 1. The van der Waals surface area contributed by atoms with E-state index in [0.717, 1.165) is 5.56 Å². The highest BCUT2D eigenvalue weighted by atomic mass is 19.1. The second kappa shape index (κ2) is 3.44. The molecule has 0 amide bonds. The molecule has 0 heterocycles. The maximum atomic E-state index is 13.0. The van der Waals surface area contributed by atoms with Gasteiger partial charge in [-0.05, 0) is 37.1 Å². The second-order valence-electron chi connectivity index (χ2n) is 3.08. The summed E-state index contributed by atoms with van der Waals surface area (Å²) >= 11 is 0. The Bertz CT molecular complexity index is 366. The van der Waals surface area contributed by atoms with Gasteiger partial charge in [0.05, 0.1) is 17.7 Å². The van der Waals surface area contributed by atoms with Crippen LogP contribution < -0.4 is 5.73 Å². The highest BCUT2D eigenvalue weighted by molar-refractivity contribution is 5.47. The maximum Gasteiger partial charge on any atom is 0.146 e. The normalized spacial score (nSPS) is 12.2. The maximum absolute atomic E-state index is 13.0. The molecule has 1 aromatic rings. The lowest BCUT2D eigenvalue weighted by molar-refractivity contribution is 0.629. The first-order valence-corrected chi connectivity index (χ1v) is 4.01. The third-order valence-corrected chi connectivity index (χ3v) is 2.05. The third-order valence-electron chi connectivity index (χ3n) is 2.05.